The van der Waals surface area contributed by atoms with Gasteiger partial charge in [0, 0.05) is 29.2 Å². The van der Waals surface area contributed by atoms with Crippen molar-refractivity contribution >= 4 is 68.7 Å². The number of thioether (sulfide) groups is 1. The number of carbonyl (C=O) groups is 2. The molecular formula is C27H20ClN3O2S2. The molecule has 1 fully saturated rings. The van der Waals surface area contributed by atoms with Gasteiger partial charge in [0.1, 0.15) is 0 Å². The first-order valence-corrected chi connectivity index (χ1v) is 12.5. The molecule has 8 heteroatoms. The lowest BCUT2D eigenvalue weighted by molar-refractivity contribution is -0.123. The van der Waals surface area contributed by atoms with E-state index in [9.17, 15) is 9.59 Å². The quantitative estimate of drug-likeness (QED) is 0.253. The second-order valence-corrected chi connectivity index (χ2v) is 10.2. The molecule has 1 aliphatic rings. The molecule has 1 saturated heterocycles. The Bertz CT molecular complexity index is 1510. The Balaban J connectivity index is 1.42. The molecule has 174 valence electrons. The third kappa shape index (κ3) is 4.75. The van der Waals surface area contributed by atoms with Gasteiger partial charge in [0.25, 0.3) is 11.8 Å². The van der Waals surface area contributed by atoms with Crippen LogP contribution in [-0.4, -0.2) is 25.7 Å². The molecule has 0 unspecified atom stereocenters. The van der Waals surface area contributed by atoms with Gasteiger partial charge < -0.3 is 4.57 Å². The van der Waals surface area contributed by atoms with Crippen molar-refractivity contribution in [2.24, 2.45) is 0 Å². The average molecular weight is 518 g/mol. The summed E-state index contributed by atoms with van der Waals surface area (Å²) in [6.45, 7) is 2.60. The van der Waals surface area contributed by atoms with Crippen LogP contribution >= 0.6 is 35.6 Å². The molecule has 1 aliphatic heterocycles. The number of nitrogens with zero attached hydrogens (tertiary/aromatic N) is 2. The predicted molar refractivity (Wildman–Crippen MR) is 146 cm³/mol. The number of carbonyl (C=O) groups excluding carboxylic acids is 2. The maximum absolute atomic E-state index is 13.2. The first-order chi connectivity index (χ1) is 16.9. The number of fused-ring (bicyclic) bond motifs is 1. The first kappa shape index (κ1) is 23.4. The van der Waals surface area contributed by atoms with Crippen molar-refractivity contribution in [1.82, 2.24) is 15.0 Å². The van der Waals surface area contributed by atoms with Gasteiger partial charge in [-0.3, -0.25) is 15.0 Å². The van der Waals surface area contributed by atoms with Crippen LogP contribution < -0.4 is 5.43 Å². The van der Waals surface area contributed by atoms with Gasteiger partial charge in [-0.2, -0.15) is 5.01 Å². The number of nitrogens with one attached hydrogen (secondary N) is 1. The van der Waals surface area contributed by atoms with E-state index in [-0.39, 0.29) is 15.8 Å². The SMILES string of the molecule is Cc1ccc(C(=O)NN2C(=O)/C(=C/c3cn(Cc4ccccc4)c4ccccc34)SC2=S)c(Cl)c1. The van der Waals surface area contributed by atoms with Gasteiger partial charge in [-0.05, 0) is 54.5 Å². The van der Waals surface area contributed by atoms with E-state index in [1.165, 1.54) is 5.56 Å². The van der Waals surface area contributed by atoms with Crippen LogP contribution in [0, 0.1) is 6.92 Å². The van der Waals surface area contributed by atoms with Crippen LogP contribution in [0.4, 0.5) is 0 Å². The molecule has 3 aromatic carbocycles. The lowest BCUT2D eigenvalue weighted by Crippen LogP contribution is -2.44. The number of aryl methyl sites for hydroxylation is 1. The minimum atomic E-state index is -0.494. The van der Waals surface area contributed by atoms with Gasteiger partial charge in [-0.15, -0.1) is 0 Å². The van der Waals surface area contributed by atoms with Crippen molar-refractivity contribution in [1.29, 1.82) is 0 Å². The van der Waals surface area contributed by atoms with Crippen LogP contribution in [-0.2, 0) is 11.3 Å². The summed E-state index contributed by atoms with van der Waals surface area (Å²) >= 11 is 12.8. The lowest BCUT2D eigenvalue weighted by Gasteiger charge is -2.16. The summed E-state index contributed by atoms with van der Waals surface area (Å²) in [5, 5.41) is 2.45. The highest BCUT2D eigenvalue weighted by atomic mass is 35.5. The summed E-state index contributed by atoms with van der Waals surface area (Å²) < 4.78 is 2.42. The van der Waals surface area contributed by atoms with Crippen LogP contribution in [0.2, 0.25) is 5.02 Å². The number of halogens is 1. The molecule has 5 nitrogen and oxygen atoms in total. The molecule has 0 radical (unpaired) electrons. The maximum atomic E-state index is 13.2. The number of hydrogen-bond donors (Lipinski definition) is 1. The molecule has 2 amide bonds. The first-order valence-electron chi connectivity index (χ1n) is 10.9. The molecule has 2 heterocycles. The Kier molecular flexibility index (Phi) is 6.47. The zero-order chi connectivity index (χ0) is 24.5. The summed E-state index contributed by atoms with van der Waals surface area (Å²) in [4.78, 5) is 26.4. The fraction of sp³-hybridized carbons (Fsp3) is 0.0741. The number of thiocarbonyl (C=S) groups is 1. The number of benzene rings is 3. The maximum Gasteiger partial charge on any atom is 0.285 e. The Hall–Kier alpha value is -3.39. The van der Waals surface area contributed by atoms with E-state index in [1.807, 2.05) is 55.6 Å². The molecule has 1 aromatic heterocycles. The Morgan fingerprint density at radius 2 is 1.83 bits per heavy atom. The molecule has 0 saturated carbocycles. The minimum absolute atomic E-state index is 0.255. The smallest absolute Gasteiger partial charge is 0.285 e. The van der Waals surface area contributed by atoms with Gasteiger partial charge in [-0.25, -0.2) is 0 Å². The summed E-state index contributed by atoms with van der Waals surface area (Å²) in [7, 11) is 0. The summed E-state index contributed by atoms with van der Waals surface area (Å²) in [5.41, 5.74) is 6.97. The Labute approximate surface area is 217 Å². The second-order valence-electron chi connectivity index (χ2n) is 8.16. The van der Waals surface area contributed by atoms with Gasteiger partial charge in [0.05, 0.1) is 15.5 Å². The van der Waals surface area contributed by atoms with Gasteiger partial charge in [0.2, 0.25) is 0 Å². The topological polar surface area (TPSA) is 54.3 Å². The minimum Gasteiger partial charge on any atom is -0.342 e. The van der Waals surface area contributed by atoms with E-state index in [4.69, 9.17) is 23.8 Å². The molecule has 0 aliphatic carbocycles. The highest BCUT2D eigenvalue weighted by Gasteiger charge is 2.34. The Morgan fingerprint density at radius 3 is 2.60 bits per heavy atom. The lowest BCUT2D eigenvalue weighted by atomic mass is 10.1. The molecular weight excluding hydrogens is 498 g/mol. The summed E-state index contributed by atoms with van der Waals surface area (Å²) in [5.74, 6) is -0.872. The zero-order valence-electron chi connectivity index (χ0n) is 18.7. The monoisotopic (exact) mass is 517 g/mol. The van der Waals surface area contributed by atoms with Crippen molar-refractivity contribution in [2.75, 3.05) is 0 Å². The number of amides is 2. The van der Waals surface area contributed by atoms with E-state index < -0.39 is 5.91 Å². The number of hydrogen-bond acceptors (Lipinski definition) is 4. The molecule has 0 spiro atoms. The van der Waals surface area contributed by atoms with E-state index in [2.05, 4.69) is 28.2 Å². The van der Waals surface area contributed by atoms with Gasteiger partial charge >= 0.3 is 0 Å². The van der Waals surface area contributed by atoms with Crippen LogP contribution in [0.1, 0.15) is 27.0 Å². The van der Waals surface area contributed by atoms with Crippen molar-refractivity contribution in [2.45, 2.75) is 13.5 Å². The van der Waals surface area contributed by atoms with E-state index >= 15 is 0 Å². The average Bonchev–Trinajstić information content (AvgIpc) is 3.31. The van der Waals surface area contributed by atoms with E-state index in [0.717, 1.165) is 38.8 Å². The van der Waals surface area contributed by atoms with Gasteiger partial charge in [0.15, 0.2) is 4.32 Å². The third-order valence-electron chi connectivity index (χ3n) is 5.68. The standard InChI is InChI=1S/C27H20ClN3O2S2/c1-17-11-12-21(22(28)13-17)25(32)29-31-26(33)24(35-27(31)34)14-19-16-30(15-18-7-3-2-4-8-18)23-10-6-5-9-20(19)23/h2-14,16H,15H2,1H3,(H,29,32)/b24-14-. The number of aromatic nitrogens is 1. The van der Waals surface area contributed by atoms with Crippen LogP contribution in [0.15, 0.2) is 83.9 Å². The molecule has 1 N–H and O–H groups in total. The van der Waals surface area contributed by atoms with Crippen LogP contribution in [0.25, 0.3) is 17.0 Å². The van der Waals surface area contributed by atoms with Crippen molar-refractivity contribution in [3.05, 3.63) is 111 Å². The highest BCUT2D eigenvalue weighted by molar-refractivity contribution is 8.26. The fourth-order valence-electron chi connectivity index (χ4n) is 3.97. The molecule has 35 heavy (non-hydrogen) atoms. The normalized spacial score (nSPS) is 14.8. The fourth-order valence-corrected chi connectivity index (χ4v) is 5.46. The van der Waals surface area contributed by atoms with Crippen molar-refractivity contribution < 1.29 is 9.59 Å². The van der Waals surface area contributed by atoms with Crippen LogP contribution in [0.3, 0.4) is 0 Å². The largest absolute Gasteiger partial charge is 0.342 e. The number of para-hydroxylation sites is 1. The number of hydrazine groups is 1. The highest BCUT2D eigenvalue weighted by Crippen LogP contribution is 2.34. The van der Waals surface area contributed by atoms with Gasteiger partial charge in [-0.1, -0.05) is 78.0 Å². The van der Waals surface area contributed by atoms with Crippen molar-refractivity contribution in [3.63, 3.8) is 0 Å². The molecule has 0 bridgehead atoms. The second kappa shape index (κ2) is 9.70. The van der Waals surface area contributed by atoms with Crippen molar-refractivity contribution in [3.8, 4) is 0 Å². The summed E-state index contributed by atoms with van der Waals surface area (Å²) in [6.07, 6.45) is 3.86. The molecule has 4 aromatic rings. The van der Waals surface area contributed by atoms with Crippen LogP contribution in [0.5, 0.6) is 0 Å². The molecule has 0 atom stereocenters. The predicted octanol–water partition coefficient (Wildman–Crippen LogP) is 6.20. The zero-order valence-corrected chi connectivity index (χ0v) is 21.1. The number of rotatable bonds is 5. The summed E-state index contributed by atoms with van der Waals surface area (Å²) in [6, 6.07) is 23.4. The molecule has 5 rings (SSSR count). The van der Waals surface area contributed by atoms with E-state index in [0.29, 0.717) is 16.5 Å². The third-order valence-corrected chi connectivity index (χ3v) is 7.29. The Morgan fingerprint density at radius 1 is 1.09 bits per heavy atom. The van der Waals surface area contributed by atoms with E-state index in [1.54, 1.807) is 18.2 Å².